The molecule has 1 fully saturated rings. The van der Waals surface area contributed by atoms with Crippen molar-refractivity contribution in [3.05, 3.63) is 24.3 Å². The molecule has 18 heavy (non-hydrogen) atoms. The fourth-order valence-corrected chi connectivity index (χ4v) is 2.84. The highest BCUT2D eigenvalue weighted by molar-refractivity contribution is 7.89. The summed E-state index contributed by atoms with van der Waals surface area (Å²) in [6, 6.07) is 5.73. The Morgan fingerprint density at radius 3 is 2.33 bits per heavy atom. The summed E-state index contributed by atoms with van der Waals surface area (Å²) < 4.78 is 26.3. The van der Waals surface area contributed by atoms with Gasteiger partial charge in [0.1, 0.15) is 0 Å². The second-order valence-electron chi connectivity index (χ2n) is 4.33. The van der Waals surface area contributed by atoms with E-state index in [-0.39, 0.29) is 22.9 Å². The number of sulfonamides is 1. The zero-order valence-corrected chi connectivity index (χ0v) is 10.7. The van der Waals surface area contributed by atoms with Gasteiger partial charge in [-0.1, -0.05) is 0 Å². The average Bonchev–Trinajstić information content (AvgIpc) is 2.93. The fraction of sp³-hybridized carbons (Fsp3) is 0.364. The predicted molar refractivity (Wildman–Crippen MR) is 67.4 cm³/mol. The second kappa shape index (κ2) is 4.68. The predicted octanol–water partition coefficient (Wildman–Crippen LogP) is 0.0229. The molecule has 0 bridgehead atoms. The van der Waals surface area contributed by atoms with Crippen LogP contribution in [0.25, 0.3) is 0 Å². The largest absolute Gasteiger partial charge is 0.326 e. The van der Waals surface area contributed by atoms with E-state index in [9.17, 15) is 13.2 Å². The number of carbonyl (C=O) groups excluding carboxylic acids is 1. The van der Waals surface area contributed by atoms with Crippen molar-refractivity contribution in [2.45, 2.75) is 30.3 Å². The molecule has 0 spiro atoms. The monoisotopic (exact) mass is 269 g/mol. The van der Waals surface area contributed by atoms with E-state index in [1.807, 2.05) is 0 Å². The summed E-state index contributed by atoms with van der Waals surface area (Å²) in [5.74, 6) is -0.201. The molecule has 98 valence electrons. The second-order valence-corrected chi connectivity index (χ2v) is 6.05. The first-order chi connectivity index (χ1) is 8.38. The number of rotatable bonds is 4. The van der Waals surface area contributed by atoms with Gasteiger partial charge in [0.2, 0.25) is 15.9 Å². The van der Waals surface area contributed by atoms with E-state index < -0.39 is 10.0 Å². The van der Waals surface area contributed by atoms with Crippen LogP contribution in [0.1, 0.15) is 13.3 Å². The number of anilines is 1. The lowest BCUT2D eigenvalue weighted by atomic mass is 10.3. The van der Waals surface area contributed by atoms with Gasteiger partial charge in [-0.2, -0.15) is 0 Å². The molecule has 0 saturated heterocycles. The van der Waals surface area contributed by atoms with Crippen molar-refractivity contribution in [2.75, 3.05) is 5.32 Å². The molecule has 1 saturated carbocycles. The SMILES string of the molecule is CC(=O)Nc1ccc(S(=O)(=O)NC2CC2N)cc1. The van der Waals surface area contributed by atoms with Crippen molar-refractivity contribution in [1.82, 2.24) is 4.72 Å². The maximum Gasteiger partial charge on any atom is 0.240 e. The van der Waals surface area contributed by atoms with E-state index in [0.29, 0.717) is 12.1 Å². The van der Waals surface area contributed by atoms with E-state index in [4.69, 9.17) is 5.73 Å². The summed E-state index contributed by atoms with van der Waals surface area (Å²) in [5, 5.41) is 2.57. The number of amides is 1. The van der Waals surface area contributed by atoms with Crippen molar-refractivity contribution in [2.24, 2.45) is 5.73 Å². The Balaban J connectivity index is 2.10. The molecule has 1 aromatic carbocycles. The molecular formula is C11H15N3O3S. The molecule has 2 atom stereocenters. The summed E-state index contributed by atoms with van der Waals surface area (Å²) in [7, 11) is -3.52. The average molecular weight is 269 g/mol. The Labute approximate surface area is 106 Å². The summed E-state index contributed by atoms with van der Waals surface area (Å²) in [4.78, 5) is 11.0. The van der Waals surface area contributed by atoms with Crippen LogP contribution in [-0.2, 0) is 14.8 Å². The van der Waals surface area contributed by atoms with Crippen LogP contribution < -0.4 is 15.8 Å². The van der Waals surface area contributed by atoms with Crippen LogP contribution >= 0.6 is 0 Å². The van der Waals surface area contributed by atoms with E-state index in [1.165, 1.54) is 19.1 Å². The van der Waals surface area contributed by atoms with Crippen LogP contribution in [0.2, 0.25) is 0 Å². The highest BCUT2D eigenvalue weighted by atomic mass is 32.2. The highest BCUT2D eigenvalue weighted by Crippen LogP contribution is 2.22. The minimum absolute atomic E-state index is 0.0848. The van der Waals surface area contributed by atoms with Crippen molar-refractivity contribution >= 4 is 21.6 Å². The molecule has 1 aliphatic rings. The van der Waals surface area contributed by atoms with Gasteiger partial charge >= 0.3 is 0 Å². The molecule has 0 aliphatic heterocycles. The van der Waals surface area contributed by atoms with Gasteiger partial charge in [-0.05, 0) is 30.7 Å². The van der Waals surface area contributed by atoms with Gasteiger partial charge in [-0.25, -0.2) is 13.1 Å². The van der Waals surface area contributed by atoms with Crippen molar-refractivity contribution in [3.63, 3.8) is 0 Å². The first-order valence-corrected chi connectivity index (χ1v) is 7.02. The quantitative estimate of drug-likeness (QED) is 0.717. The Morgan fingerprint density at radius 2 is 1.89 bits per heavy atom. The molecule has 1 amide bonds. The smallest absolute Gasteiger partial charge is 0.240 e. The molecule has 0 aromatic heterocycles. The third-order valence-electron chi connectivity index (χ3n) is 2.63. The van der Waals surface area contributed by atoms with E-state index >= 15 is 0 Å². The number of hydrogen-bond donors (Lipinski definition) is 3. The van der Waals surface area contributed by atoms with E-state index in [1.54, 1.807) is 12.1 Å². The zero-order valence-electron chi connectivity index (χ0n) is 9.88. The number of nitrogens with two attached hydrogens (primary N) is 1. The van der Waals surface area contributed by atoms with Crippen molar-refractivity contribution in [3.8, 4) is 0 Å². The molecule has 7 heteroatoms. The summed E-state index contributed by atoms with van der Waals surface area (Å²) in [6.07, 6.45) is 0.670. The van der Waals surface area contributed by atoms with Crippen LogP contribution in [0.4, 0.5) is 5.69 Å². The van der Waals surface area contributed by atoms with Crippen LogP contribution in [-0.4, -0.2) is 26.4 Å². The summed E-state index contributed by atoms with van der Waals surface area (Å²) >= 11 is 0. The number of nitrogens with one attached hydrogen (secondary N) is 2. The van der Waals surface area contributed by atoms with Crippen LogP contribution in [0, 0.1) is 0 Å². The standard InChI is InChI=1S/C11H15N3O3S/c1-7(15)13-8-2-4-9(5-3-8)18(16,17)14-11-6-10(11)12/h2-5,10-11,14H,6,12H2,1H3,(H,13,15). The number of carbonyl (C=O) groups is 1. The van der Waals surface area contributed by atoms with Gasteiger partial charge in [0.05, 0.1) is 4.90 Å². The zero-order chi connectivity index (χ0) is 13.3. The topological polar surface area (TPSA) is 101 Å². The lowest BCUT2D eigenvalue weighted by Gasteiger charge is -2.07. The van der Waals surface area contributed by atoms with Crippen molar-refractivity contribution in [1.29, 1.82) is 0 Å². The number of hydrogen-bond acceptors (Lipinski definition) is 4. The molecule has 1 aliphatic carbocycles. The third kappa shape index (κ3) is 3.06. The van der Waals surface area contributed by atoms with Gasteiger partial charge in [0, 0.05) is 24.7 Å². The molecule has 2 unspecified atom stereocenters. The Hall–Kier alpha value is -1.44. The minimum atomic E-state index is -3.52. The molecule has 4 N–H and O–H groups in total. The summed E-state index contributed by atoms with van der Waals surface area (Å²) in [5.41, 5.74) is 6.12. The molecule has 1 aromatic rings. The van der Waals surface area contributed by atoms with Crippen molar-refractivity contribution < 1.29 is 13.2 Å². The number of benzene rings is 1. The molecule has 6 nitrogen and oxygen atoms in total. The normalized spacial score (nSPS) is 22.6. The highest BCUT2D eigenvalue weighted by Gasteiger charge is 2.37. The van der Waals surface area contributed by atoms with Gasteiger partial charge in [-0.3, -0.25) is 4.79 Å². The van der Waals surface area contributed by atoms with Crippen LogP contribution in [0.15, 0.2) is 29.2 Å². The lowest BCUT2D eigenvalue weighted by Crippen LogP contribution is -2.29. The van der Waals surface area contributed by atoms with Gasteiger partial charge in [0.25, 0.3) is 0 Å². The van der Waals surface area contributed by atoms with E-state index in [0.717, 1.165) is 0 Å². The van der Waals surface area contributed by atoms with Gasteiger partial charge in [0.15, 0.2) is 0 Å². The molecule has 0 radical (unpaired) electrons. The third-order valence-corrected chi connectivity index (χ3v) is 4.14. The summed E-state index contributed by atoms with van der Waals surface area (Å²) in [6.45, 7) is 1.39. The molecule has 0 heterocycles. The maximum absolute atomic E-state index is 11.9. The minimum Gasteiger partial charge on any atom is -0.326 e. The fourth-order valence-electron chi connectivity index (χ4n) is 1.54. The van der Waals surface area contributed by atoms with E-state index in [2.05, 4.69) is 10.0 Å². The van der Waals surface area contributed by atoms with Crippen LogP contribution in [0.5, 0.6) is 0 Å². The molecule has 2 rings (SSSR count). The van der Waals surface area contributed by atoms with Gasteiger partial charge < -0.3 is 11.1 Å². The Kier molecular flexibility index (Phi) is 3.38. The maximum atomic E-state index is 11.9. The molecular weight excluding hydrogens is 254 g/mol. The van der Waals surface area contributed by atoms with Crippen LogP contribution in [0.3, 0.4) is 0 Å². The van der Waals surface area contributed by atoms with Gasteiger partial charge in [-0.15, -0.1) is 0 Å². The first kappa shape index (κ1) is 13.0. The Morgan fingerprint density at radius 1 is 1.33 bits per heavy atom. The first-order valence-electron chi connectivity index (χ1n) is 5.54. The Bertz CT molecular complexity index is 553. The lowest BCUT2D eigenvalue weighted by molar-refractivity contribution is -0.114.